The van der Waals surface area contributed by atoms with Crippen molar-refractivity contribution in [2.45, 2.75) is 68.3 Å². The van der Waals surface area contributed by atoms with Crippen molar-refractivity contribution < 1.29 is 14.4 Å². The SMILES string of the molecule is CC[C@@H](C)Nc1nnc(SCC(=O)NN2C(=O)NC3(CCCCC3)C2=O)s1. The number of carbonyl (C=O) groups excluding carboxylic acids is 3. The van der Waals surface area contributed by atoms with Crippen LogP contribution >= 0.6 is 23.1 Å². The van der Waals surface area contributed by atoms with E-state index >= 15 is 0 Å². The van der Waals surface area contributed by atoms with Crippen molar-refractivity contribution >= 4 is 46.1 Å². The van der Waals surface area contributed by atoms with Gasteiger partial charge in [-0.1, -0.05) is 49.3 Å². The third-order valence-electron chi connectivity index (χ3n) is 4.82. The van der Waals surface area contributed by atoms with Crippen molar-refractivity contribution in [1.29, 1.82) is 0 Å². The number of imide groups is 1. The fourth-order valence-corrected chi connectivity index (χ4v) is 4.80. The van der Waals surface area contributed by atoms with Gasteiger partial charge in [0.05, 0.1) is 5.75 Å². The lowest BCUT2D eigenvalue weighted by molar-refractivity contribution is -0.139. The summed E-state index contributed by atoms with van der Waals surface area (Å²) >= 11 is 2.59. The van der Waals surface area contributed by atoms with E-state index in [0.29, 0.717) is 28.4 Å². The van der Waals surface area contributed by atoms with Gasteiger partial charge in [0, 0.05) is 6.04 Å². The van der Waals surface area contributed by atoms with E-state index in [4.69, 9.17) is 0 Å². The van der Waals surface area contributed by atoms with Gasteiger partial charge >= 0.3 is 6.03 Å². The van der Waals surface area contributed by atoms with Crippen LogP contribution in [0.2, 0.25) is 0 Å². The fraction of sp³-hybridized carbons (Fsp3) is 0.688. The van der Waals surface area contributed by atoms with Crippen molar-refractivity contribution in [3.63, 3.8) is 0 Å². The predicted molar refractivity (Wildman–Crippen MR) is 103 cm³/mol. The highest BCUT2D eigenvalue weighted by Gasteiger charge is 2.52. The molecule has 27 heavy (non-hydrogen) atoms. The molecule has 1 aromatic rings. The van der Waals surface area contributed by atoms with Crippen molar-refractivity contribution in [1.82, 2.24) is 25.9 Å². The first-order valence-electron chi connectivity index (χ1n) is 9.12. The van der Waals surface area contributed by atoms with Gasteiger partial charge in [-0.05, 0) is 26.2 Å². The minimum absolute atomic E-state index is 0.0437. The van der Waals surface area contributed by atoms with Crippen LogP contribution in [0.4, 0.5) is 9.93 Å². The van der Waals surface area contributed by atoms with Gasteiger partial charge in [-0.3, -0.25) is 15.0 Å². The topological polar surface area (TPSA) is 116 Å². The molecule has 1 atom stereocenters. The van der Waals surface area contributed by atoms with Crippen molar-refractivity contribution in [2.75, 3.05) is 11.1 Å². The van der Waals surface area contributed by atoms with E-state index < -0.39 is 17.5 Å². The van der Waals surface area contributed by atoms with Crippen LogP contribution in [0.3, 0.4) is 0 Å². The molecule has 0 aromatic carbocycles. The number of amides is 4. The molecular weight excluding hydrogens is 388 g/mol. The molecule has 0 radical (unpaired) electrons. The zero-order valence-corrected chi connectivity index (χ0v) is 17.0. The number of anilines is 1. The molecule has 0 unspecified atom stereocenters. The summed E-state index contributed by atoms with van der Waals surface area (Å²) in [6, 6.07) is -0.262. The number of aromatic nitrogens is 2. The summed E-state index contributed by atoms with van der Waals surface area (Å²) in [6.45, 7) is 4.13. The minimum atomic E-state index is -0.842. The first kappa shape index (κ1) is 19.9. The Hall–Kier alpha value is -1.88. The van der Waals surface area contributed by atoms with Crippen LogP contribution in [-0.2, 0) is 9.59 Å². The molecule has 1 spiro atoms. The monoisotopic (exact) mass is 412 g/mol. The Bertz CT molecular complexity index is 719. The molecule has 2 fully saturated rings. The molecule has 1 aliphatic heterocycles. The molecule has 3 rings (SSSR count). The molecule has 1 saturated carbocycles. The molecule has 3 N–H and O–H groups in total. The second-order valence-electron chi connectivity index (χ2n) is 6.86. The van der Waals surface area contributed by atoms with Crippen LogP contribution in [-0.4, -0.2) is 50.4 Å². The van der Waals surface area contributed by atoms with Crippen LogP contribution in [0, 0.1) is 0 Å². The van der Waals surface area contributed by atoms with Gasteiger partial charge in [-0.2, -0.15) is 5.01 Å². The second-order valence-corrected chi connectivity index (χ2v) is 9.06. The molecule has 148 valence electrons. The Morgan fingerprint density at radius 3 is 2.78 bits per heavy atom. The Kier molecular flexibility index (Phi) is 6.20. The van der Waals surface area contributed by atoms with Crippen LogP contribution < -0.4 is 16.1 Å². The highest BCUT2D eigenvalue weighted by atomic mass is 32.2. The summed E-state index contributed by atoms with van der Waals surface area (Å²) in [4.78, 5) is 37.0. The number of urea groups is 1. The Morgan fingerprint density at radius 2 is 2.07 bits per heavy atom. The summed E-state index contributed by atoms with van der Waals surface area (Å²) in [6.07, 6.45) is 5.06. The first-order chi connectivity index (χ1) is 12.9. The summed E-state index contributed by atoms with van der Waals surface area (Å²) in [5.74, 6) is -0.744. The summed E-state index contributed by atoms with van der Waals surface area (Å²) in [7, 11) is 0. The van der Waals surface area contributed by atoms with E-state index in [1.54, 1.807) is 0 Å². The minimum Gasteiger partial charge on any atom is -0.358 e. The van der Waals surface area contributed by atoms with Crippen LogP contribution in [0.5, 0.6) is 0 Å². The highest BCUT2D eigenvalue weighted by molar-refractivity contribution is 8.01. The van der Waals surface area contributed by atoms with Gasteiger partial charge in [0.25, 0.3) is 5.91 Å². The number of carbonyl (C=O) groups is 3. The number of thioether (sulfide) groups is 1. The van der Waals surface area contributed by atoms with Crippen molar-refractivity contribution in [2.24, 2.45) is 0 Å². The van der Waals surface area contributed by atoms with E-state index in [1.165, 1.54) is 23.1 Å². The lowest BCUT2D eigenvalue weighted by atomic mass is 9.82. The smallest absolute Gasteiger partial charge is 0.344 e. The van der Waals surface area contributed by atoms with Gasteiger partial charge in [0.15, 0.2) is 4.34 Å². The molecule has 1 aliphatic carbocycles. The van der Waals surface area contributed by atoms with Crippen molar-refractivity contribution in [3.05, 3.63) is 0 Å². The maximum Gasteiger partial charge on any atom is 0.344 e. The molecular formula is C16H24N6O3S2. The second kappa shape index (κ2) is 8.42. The third kappa shape index (κ3) is 4.52. The zero-order chi connectivity index (χ0) is 19.4. The van der Waals surface area contributed by atoms with Gasteiger partial charge < -0.3 is 10.6 Å². The molecule has 2 heterocycles. The first-order valence-corrected chi connectivity index (χ1v) is 10.9. The lowest BCUT2D eigenvalue weighted by Crippen LogP contribution is -2.51. The lowest BCUT2D eigenvalue weighted by Gasteiger charge is -2.30. The van der Waals surface area contributed by atoms with E-state index in [1.807, 2.05) is 0 Å². The molecule has 0 bridgehead atoms. The van der Waals surface area contributed by atoms with Crippen LogP contribution in [0.1, 0.15) is 52.4 Å². The van der Waals surface area contributed by atoms with Crippen LogP contribution in [0.15, 0.2) is 4.34 Å². The van der Waals surface area contributed by atoms with Gasteiger partial charge in [0.2, 0.25) is 11.0 Å². The molecule has 1 saturated heterocycles. The largest absolute Gasteiger partial charge is 0.358 e. The van der Waals surface area contributed by atoms with Gasteiger partial charge in [0.1, 0.15) is 5.54 Å². The molecule has 9 nitrogen and oxygen atoms in total. The number of hydrogen-bond acceptors (Lipinski definition) is 8. The van der Waals surface area contributed by atoms with Crippen molar-refractivity contribution in [3.8, 4) is 0 Å². The summed E-state index contributed by atoms with van der Waals surface area (Å²) < 4.78 is 0.650. The molecule has 11 heteroatoms. The van der Waals surface area contributed by atoms with E-state index in [0.717, 1.165) is 30.7 Å². The van der Waals surface area contributed by atoms with Gasteiger partial charge in [-0.15, -0.1) is 10.2 Å². The predicted octanol–water partition coefficient (Wildman–Crippen LogP) is 2.13. The Balaban J connectivity index is 1.51. The maximum atomic E-state index is 12.6. The fourth-order valence-electron chi connectivity index (χ4n) is 3.14. The third-order valence-corrected chi connectivity index (χ3v) is 6.81. The van der Waals surface area contributed by atoms with Crippen LogP contribution in [0.25, 0.3) is 0 Å². The average molecular weight is 413 g/mol. The highest BCUT2D eigenvalue weighted by Crippen LogP contribution is 2.33. The van der Waals surface area contributed by atoms with E-state index in [2.05, 4.69) is 40.1 Å². The normalized spacial score (nSPS) is 19.9. The number of hydrogen-bond donors (Lipinski definition) is 3. The van der Waals surface area contributed by atoms with E-state index in [-0.39, 0.29) is 11.7 Å². The summed E-state index contributed by atoms with van der Waals surface area (Å²) in [5.41, 5.74) is 1.58. The number of rotatable bonds is 7. The Morgan fingerprint density at radius 1 is 1.33 bits per heavy atom. The average Bonchev–Trinajstić information content (AvgIpc) is 3.19. The Labute approximate surface area is 166 Å². The number of nitrogens with zero attached hydrogens (tertiary/aromatic N) is 3. The summed E-state index contributed by atoms with van der Waals surface area (Å²) in [5, 5.41) is 15.6. The molecule has 2 aliphatic rings. The quantitative estimate of drug-likeness (QED) is 0.464. The molecule has 1 aromatic heterocycles. The standard InChI is InChI=1S/C16H24N6O3S2/c1-3-10(2)17-13-19-20-15(27-13)26-9-11(23)21-22-12(24)16(18-14(22)25)7-5-4-6-8-16/h10H,3-9H2,1-2H3,(H,17,19)(H,18,25)(H,21,23)/t10-/m1/s1. The number of nitrogens with one attached hydrogen (secondary N) is 3. The molecule has 4 amide bonds. The number of hydrazine groups is 1. The van der Waals surface area contributed by atoms with Gasteiger partial charge in [-0.25, -0.2) is 4.79 Å². The zero-order valence-electron chi connectivity index (χ0n) is 15.4. The van der Waals surface area contributed by atoms with E-state index in [9.17, 15) is 14.4 Å². The maximum absolute atomic E-state index is 12.6.